The van der Waals surface area contributed by atoms with E-state index < -0.39 is 24.3 Å². The minimum Gasteiger partial charge on any atom is -0.477 e. The normalized spacial score (nSPS) is 13.2. The monoisotopic (exact) mass is 957 g/mol. The van der Waals surface area contributed by atoms with Crippen LogP contribution in [-0.2, 0) is 33.3 Å². The topological polar surface area (TPSA) is 108 Å². The van der Waals surface area contributed by atoms with Gasteiger partial charge in [0.15, 0.2) is 6.10 Å². The number of hydrogen-bond acceptors (Lipinski definition) is 7. The Morgan fingerprint density at radius 2 is 0.794 bits per heavy atom. The lowest BCUT2D eigenvalue weighted by atomic mass is 10.0. The molecule has 394 valence electrons. The third kappa shape index (κ3) is 50.9. The number of aliphatic carboxylic acids is 1. The van der Waals surface area contributed by atoms with Crippen molar-refractivity contribution in [3.05, 3.63) is 60.8 Å². The van der Waals surface area contributed by atoms with Crippen LogP contribution in [0.4, 0.5) is 0 Å². The molecule has 0 amide bonds. The number of carboxylic acids is 1. The van der Waals surface area contributed by atoms with Crippen molar-refractivity contribution in [3.8, 4) is 0 Å². The molecule has 0 aliphatic carbocycles. The molecule has 9 nitrogen and oxygen atoms in total. The number of hydrogen-bond donors (Lipinski definition) is 1. The molecule has 0 aromatic heterocycles. The first-order valence-electron chi connectivity index (χ1n) is 28.0. The van der Waals surface area contributed by atoms with Crippen molar-refractivity contribution in [2.45, 2.75) is 251 Å². The van der Waals surface area contributed by atoms with Crippen LogP contribution in [0.2, 0.25) is 0 Å². The molecule has 0 spiro atoms. The molecular formula is C59H106NO8+. The molecule has 0 rings (SSSR count). The highest BCUT2D eigenvalue weighted by atomic mass is 16.7. The molecule has 1 N–H and O–H groups in total. The van der Waals surface area contributed by atoms with E-state index in [-0.39, 0.29) is 38.6 Å². The SMILES string of the molecule is CCCCCC/C=C\C/C=C\CCCCCCCC(=O)OCC(COC(OCC[N+](C)(C)C)C(=O)O)OC(=O)CCCCCCCCCCCCCC/C=C\C/C=C\C/C=C\CCCCCCC. The molecular weight excluding hydrogens is 851 g/mol. The van der Waals surface area contributed by atoms with Crippen LogP contribution in [0.15, 0.2) is 60.8 Å². The Labute approximate surface area is 418 Å². The summed E-state index contributed by atoms with van der Waals surface area (Å²) in [4.78, 5) is 37.3. The maximum atomic E-state index is 12.9. The Hall–Kier alpha value is -3.01. The Morgan fingerprint density at radius 3 is 1.19 bits per heavy atom. The number of unbranched alkanes of at least 4 members (excludes halogenated alkanes) is 26. The number of allylic oxidation sites excluding steroid dienone is 10. The van der Waals surface area contributed by atoms with Gasteiger partial charge in [0.1, 0.15) is 13.2 Å². The van der Waals surface area contributed by atoms with E-state index in [0.29, 0.717) is 17.4 Å². The van der Waals surface area contributed by atoms with E-state index in [4.69, 9.17) is 18.9 Å². The van der Waals surface area contributed by atoms with Gasteiger partial charge in [-0.3, -0.25) is 9.59 Å². The summed E-state index contributed by atoms with van der Waals surface area (Å²) in [6.07, 6.45) is 60.0. The number of carbonyl (C=O) groups excluding carboxylic acids is 2. The van der Waals surface area contributed by atoms with Gasteiger partial charge < -0.3 is 28.5 Å². The van der Waals surface area contributed by atoms with Crippen LogP contribution >= 0.6 is 0 Å². The molecule has 0 aromatic rings. The molecule has 0 fully saturated rings. The Bertz CT molecular complexity index is 1300. The maximum absolute atomic E-state index is 12.9. The Balaban J connectivity index is 4.26. The molecule has 0 bridgehead atoms. The van der Waals surface area contributed by atoms with E-state index in [1.54, 1.807) is 0 Å². The van der Waals surface area contributed by atoms with Crippen molar-refractivity contribution in [2.24, 2.45) is 0 Å². The summed E-state index contributed by atoms with van der Waals surface area (Å²) in [5.41, 5.74) is 0. The highest BCUT2D eigenvalue weighted by Gasteiger charge is 2.25. The zero-order valence-corrected chi connectivity index (χ0v) is 44.8. The van der Waals surface area contributed by atoms with Crippen LogP contribution in [-0.4, -0.2) is 87.4 Å². The second-order valence-corrected chi connectivity index (χ2v) is 19.9. The van der Waals surface area contributed by atoms with E-state index in [0.717, 1.165) is 77.0 Å². The lowest BCUT2D eigenvalue weighted by Gasteiger charge is -2.25. The molecule has 0 saturated heterocycles. The zero-order valence-electron chi connectivity index (χ0n) is 44.8. The average Bonchev–Trinajstić information content (AvgIpc) is 3.30. The molecule has 0 aliphatic heterocycles. The molecule has 2 unspecified atom stereocenters. The van der Waals surface area contributed by atoms with Crippen molar-refractivity contribution >= 4 is 17.9 Å². The fraction of sp³-hybridized carbons (Fsp3) is 0.780. The predicted molar refractivity (Wildman–Crippen MR) is 286 cm³/mol. The molecule has 68 heavy (non-hydrogen) atoms. The van der Waals surface area contributed by atoms with Gasteiger partial charge in [0, 0.05) is 12.8 Å². The number of quaternary nitrogens is 1. The number of esters is 2. The highest BCUT2D eigenvalue weighted by molar-refractivity contribution is 5.71. The van der Waals surface area contributed by atoms with E-state index >= 15 is 0 Å². The summed E-state index contributed by atoms with van der Waals surface area (Å²) < 4.78 is 22.8. The Morgan fingerprint density at radius 1 is 0.441 bits per heavy atom. The molecule has 2 atom stereocenters. The van der Waals surface area contributed by atoms with E-state index in [9.17, 15) is 19.5 Å². The van der Waals surface area contributed by atoms with Crippen molar-refractivity contribution in [2.75, 3.05) is 47.5 Å². The molecule has 0 heterocycles. The molecule has 9 heteroatoms. The molecule has 0 saturated carbocycles. The van der Waals surface area contributed by atoms with Crippen LogP contribution < -0.4 is 0 Å². The number of nitrogens with zero attached hydrogens (tertiary/aromatic N) is 1. The maximum Gasteiger partial charge on any atom is 0.361 e. The van der Waals surface area contributed by atoms with Gasteiger partial charge >= 0.3 is 17.9 Å². The van der Waals surface area contributed by atoms with Crippen molar-refractivity contribution in [1.82, 2.24) is 0 Å². The van der Waals surface area contributed by atoms with E-state index in [2.05, 4.69) is 74.6 Å². The summed E-state index contributed by atoms with van der Waals surface area (Å²) >= 11 is 0. The standard InChI is InChI=1S/C59H105NO8/c1-6-8-10-12-14-16-18-20-22-24-25-26-27-28-29-30-31-32-33-34-36-38-40-42-44-46-48-50-57(62)68-55(54-67-59(58(63)64)65-52-51-60(3,4)5)53-66-56(61)49-47-45-43-41-39-37-35-23-21-19-17-15-13-11-9-7-2/h17-20,23-25,27-28,35,55,59H,6-16,21-22,26,29-34,36-54H2,1-5H3/p+1/b19-17-,20-18-,25-24-,28-27-,35-23-. The van der Waals surface area contributed by atoms with E-state index in [1.165, 1.54) is 128 Å². The highest BCUT2D eigenvalue weighted by Crippen LogP contribution is 2.15. The predicted octanol–water partition coefficient (Wildman–Crippen LogP) is 16.1. The quantitative estimate of drug-likeness (QED) is 0.0211. The number of carboxylic acid groups (broad SMARTS) is 1. The minimum absolute atomic E-state index is 0.183. The van der Waals surface area contributed by atoms with Gasteiger partial charge in [0.25, 0.3) is 6.29 Å². The third-order valence-electron chi connectivity index (χ3n) is 12.0. The fourth-order valence-electron chi connectivity index (χ4n) is 7.64. The molecule has 0 aromatic carbocycles. The average molecular weight is 957 g/mol. The first-order valence-corrected chi connectivity index (χ1v) is 28.0. The van der Waals surface area contributed by atoms with Crippen LogP contribution in [0, 0.1) is 0 Å². The zero-order chi connectivity index (χ0) is 49.9. The summed E-state index contributed by atoms with van der Waals surface area (Å²) in [6, 6.07) is 0. The minimum atomic E-state index is -1.51. The van der Waals surface area contributed by atoms with E-state index in [1.807, 2.05) is 21.1 Å². The van der Waals surface area contributed by atoms with Gasteiger partial charge in [0.05, 0.1) is 34.4 Å². The first kappa shape index (κ1) is 65.0. The molecule has 0 radical (unpaired) electrons. The number of carbonyl (C=O) groups is 3. The van der Waals surface area contributed by atoms with Crippen LogP contribution in [0.5, 0.6) is 0 Å². The van der Waals surface area contributed by atoms with Crippen molar-refractivity contribution < 1.29 is 42.9 Å². The lowest BCUT2D eigenvalue weighted by molar-refractivity contribution is -0.870. The van der Waals surface area contributed by atoms with Crippen LogP contribution in [0.1, 0.15) is 239 Å². The van der Waals surface area contributed by atoms with Gasteiger partial charge in [0.2, 0.25) is 0 Å². The largest absolute Gasteiger partial charge is 0.477 e. The number of ether oxygens (including phenoxy) is 4. The second-order valence-electron chi connectivity index (χ2n) is 19.9. The fourth-order valence-corrected chi connectivity index (χ4v) is 7.64. The smallest absolute Gasteiger partial charge is 0.361 e. The summed E-state index contributed by atoms with van der Waals surface area (Å²) in [6.45, 7) is 4.84. The third-order valence-corrected chi connectivity index (χ3v) is 12.0. The number of likely N-dealkylation sites (N-methyl/N-ethyl adjacent to an activating group) is 1. The Kier molecular flexibility index (Phi) is 48.2. The summed E-state index contributed by atoms with van der Waals surface area (Å²) in [7, 11) is 5.96. The summed E-state index contributed by atoms with van der Waals surface area (Å²) in [5.74, 6) is -2.02. The van der Waals surface area contributed by atoms with Crippen LogP contribution in [0.3, 0.4) is 0 Å². The van der Waals surface area contributed by atoms with Gasteiger partial charge in [-0.1, -0.05) is 203 Å². The second kappa shape index (κ2) is 50.4. The van der Waals surface area contributed by atoms with Crippen molar-refractivity contribution in [1.29, 1.82) is 0 Å². The molecule has 0 aliphatic rings. The van der Waals surface area contributed by atoms with Crippen LogP contribution in [0.25, 0.3) is 0 Å². The number of rotatable bonds is 51. The van der Waals surface area contributed by atoms with Gasteiger partial charge in [-0.2, -0.15) is 0 Å². The van der Waals surface area contributed by atoms with Gasteiger partial charge in [-0.15, -0.1) is 0 Å². The van der Waals surface area contributed by atoms with Crippen molar-refractivity contribution in [3.63, 3.8) is 0 Å². The summed E-state index contributed by atoms with van der Waals surface area (Å²) in [5, 5.41) is 9.69. The lowest BCUT2D eigenvalue weighted by Crippen LogP contribution is -2.40. The van der Waals surface area contributed by atoms with Gasteiger partial charge in [-0.05, 0) is 83.5 Å². The first-order chi connectivity index (χ1) is 33.1. The van der Waals surface area contributed by atoms with Gasteiger partial charge in [-0.25, -0.2) is 4.79 Å².